The van der Waals surface area contributed by atoms with Gasteiger partial charge in [0.05, 0.1) is 17.2 Å². The molecule has 0 aliphatic carbocycles. The number of halogens is 1. The minimum atomic E-state index is -4.38. The van der Waals surface area contributed by atoms with Gasteiger partial charge in [-0.1, -0.05) is 36.4 Å². The number of hydrogen-bond acceptors (Lipinski definition) is 10. The molecule has 2 aromatic carbocycles. The number of hydrogen-bond donors (Lipinski definition) is 4. The smallest absolute Gasteiger partial charge is 0.459 e. The third-order valence-corrected chi connectivity index (χ3v) is 8.56. The zero-order chi connectivity index (χ0) is 30.1. The van der Waals surface area contributed by atoms with Crippen LogP contribution < -0.4 is 20.9 Å². The maximum atomic E-state index is 14.1. The van der Waals surface area contributed by atoms with Gasteiger partial charge in [-0.25, -0.2) is 9.36 Å². The molecule has 1 aliphatic heterocycles. The summed E-state index contributed by atoms with van der Waals surface area (Å²) in [5.41, 5.74) is -3.61. The van der Waals surface area contributed by atoms with Gasteiger partial charge in [0.15, 0.2) is 6.23 Å². The van der Waals surface area contributed by atoms with Crippen molar-refractivity contribution in [2.45, 2.75) is 63.9 Å². The Balaban J connectivity index is 1.61. The maximum Gasteiger partial charge on any atom is 0.459 e. The molecule has 1 aromatic heterocycles. The second kappa shape index (κ2) is 12.2. The Morgan fingerprint density at radius 3 is 2.61 bits per heavy atom. The molecule has 0 radical (unpaired) electrons. The van der Waals surface area contributed by atoms with Gasteiger partial charge in [0, 0.05) is 11.6 Å². The van der Waals surface area contributed by atoms with Crippen LogP contribution in [0.2, 0.25) is 0 Å². The quantitative estimate of drug-likeness (QED) is 0.186. The summed E-state index contributed by atoms with van der Waals surface area (Å²) in [5, 5.41) is 25.9. The van der Waals surface area contributed by atoms with Gasteiger partial charge in [0.25, 0.3) is 5.56 Å². The van der Waals surface area contributed by atoms with Crippen molar-refractivity contribution in [3.8, 4) is 5.75 Å². The van der Waals surface area contributed by atoms with Crippen LogP contribution in [0.1, 0.15) is 33.9 Å². The molecule has 4 N–H and O–H groups in total. The Bertz CT molecular complexity index is 1580. The van der Waals surface area contributed by atoms with Crippen molar-refractivity contribution in [1.82, 2.24) is 14.6 Å². The van der Waals surface area contributed by atoms with Gasteiger partial charge in [-0.15, -0.1) is 0 Å². The highest BCUT2D eigenvalue weighted by Gasteiger charge is 2.54. The zero-order valence-electron chi connectivity index (χ0n) is 22.6. The Labute approximate surface area is 243 Å². The largest absolute Gasteiger partial charge is 0.462 e. The molecule has 2 heterocycles. The fourth-order valence-electron chi connectivity index (χ4n) is 4.30. The predicted octanol–water partition coefficient (Wildman–Crippen LogP) is 2.59. The summed E-state index contributed by atoms with van der Waals surface area (Å²) < 4.78 is 37.5. The molecule has 1 fully saturated rings. The topological polar surface area (TPSA) is 178 Å². The van der Waals surface area contributed by atoms with Gasteiger partial charge in [-0.05, 0) is 55.1 Å². The Morgan fingerprint density at radius 1 is 1.22 bits per heavy atom. The highest BCUT2D eigenvalue weighted by molar-refractivity contribution is 9.10. The molecule has 6 atom stereocenters. The molecule has 3 aromatic rings. The summed E-state index contributed by atoms with van der Waals surface area (Å²) in [6.07, 6.45) is -3.69. The van der Waals surface area contributed by atoms with Gasteiger partial charge >= 0.3 is 19.4 Å². The van der Waals surface area contributed by atoms with E-state index in [1.165, 1.54) is 13.8 Å². The van der Waals surface area contributed by atoms with E-state index < -0.39 is 67.8 Å². The normalized spacial score (nSPS) is 24.7. The van der Waals surface area contributed by atoms with Crippen molar-refractivity contribution in [1.29, 1.82) is 0 Å². The molecule has 0 unspecified atom stereocenters. The summed E-state index contributed by atoms with van der Waals surface area (Å²) in [6, 6.07) is 11.2. The number of carbonyl (C=O) groups excluding carboxylic acids is 1. The van der Waals surface area contributed by atoms with E-state index in [4.69, 9.17) is 18.5 Å². The standard InChI is InChI=1S/C26H31BrN3O10P/c1-14(2)38-23(33)15(3)29-41(36,40-19-11-7-9-16-8-5-6-10-17(16)19)37-13-20-21(31)26(4,35)24(39-20)30-12-18(27)22(32)28-25(30)34/h5-12,14-15,20-21,24,31,35H,13H2,1-4H3,(H,29,36)(H,28,32,34)/t15-,20-,21-,24-,26-,41+/m1/s1. The van der Waals surface area contributed by atoms with Crippen LogP contribution in [-0.4, -0.2) is 62.3 Å². The van der Waals surface area contributed by atoms with Crippen molar-refractivity contribution < 1.29 is 38.1 Å². The molecule has 222 valence electrons. The molecule has 0 spiro atoms. The van der Waals surface area contributed by atoms with E-state index in [-0.39, 0.29) is 10.2 Å². The van der Waals surface area contributed by atoms with Crippen LogP contribution >= 0.6 is 23.7 Å². The zero-order valence-corrected chi connectivity index (χ0v) is 25.1. The van der Waals surface area contributed by atoms with Crippen LogP contribution in [0.25, 0.3) is 10.8 Å². The number of nitrogens with zero attached hydrogens (tertiary/aromatic N) is 1. The second-order valence-electron chi connectivity index (χ2n) is 10.0. The number of H-pyrrole nitrogens is 1. The van der Waals surface area contributed by atoms with Crippen molar-refractivity contribution >= 4 is 40.4 Å². The van der Waals surface area contributed by atoms with Crippen molar-refractivity contribution in [2.75, 3.05) is 6.61 Å². The predicted molar refractivity (Wildman–Crippen MR) is 152 cm³/mol. The van der Waals surface area contributed by atoms with Crippen LogP contribution in [0.5, 0.6) is 5.75 Å². The number of ether oxygens (including phenoxy) is 2. The van der Waals surface area contributed by atoms with Crippen LogP contribution in [-0.2, 0) is 23.4 Å². The van der Waals surface area contributed by atoms with Crippen LogP contribution in [0, 0.1) is 0 Å². The fraction of sp³-hybridized carbons (Fsp3) is 0.423. The average molecular weight is 656 g/mol. The van der Waals surface area contributed by atoms with E-state index >= 15 is 0 Å². The molecule has 4 rings (SSSR count). The van der Waals surface area contributed by atoms with Gasteiger partial charge in [0.2, 0.25) is 0 Å². The molecule has 1 aliphatic rings. The van der Waals surface area contributed by atoms with Crippen molar-refractivity contribution in [2.24, 2.45) is 0 Å². The number of nitrogens with one attached hydrogen (secondary N) is 2. The summed E-state index contributed by atoms with van der Waals surface area (Å²) in [5.74, 6) is -0.501. The van der Waals surface area contributed by atoms with Crippen LogP contribution in [0.15, 0.2) is 62.7 Å². The number of aliphatic hydroxyl groups excluding tert-OH is 1. The molecule has 13 nitrogen and oxygen atoms in total. The van der Waals surface area contributed by atoms with E-state index in [2.05, 4.69) is 26.0 Å². The number of rotatable bonds is 10. The molecule has 15 heteroatoms. The highest BCUT2D eigenvalue weighted by atomic mass is 79.9. The van der Waals surface area contributed by atoms with Gasteiger partial charge < -0.3 is 24.2 Å². The lowest BCUT2D eigenvalue weighted by atomic mass is 9.96. The SMILES string of the molecule is CC(C)OC(=O)[C@@H](C)N[P@](=O)(OC[C@H]1O[C@@H](n2cc(Br)c(=O)[nH]c2=O)[C@](C)(O)[C@@H]1O)Oc1cccc2ccccc12. The third kappa shape index (κ3) is 6.81. The number of benzene rings is 2. The number of fused-ring (bicyclic) bond motifs is 1. The highest BCUT2D eigenvalue weighted by Crippen LogP contribution is 2.48. The lowest BCUT2D eigenvalue weighted by Gasteiger charge is -2.27. The number of aromatic nitrogens is 2. The minimum absolute atomic E-state index is 0.00912. The van der Waals surface area contributed by atoms with Gasteiger partial charge in [0.1, 0.15) is 29.6 Å². The molecule has 0 bridgehead atoms. The minimum Gasteiger partial charge on any atom is -0.462 e. The van der Waals surface area contributed by atoms with Crippen molar-refractivity contribution in [3.05, 3.63) is 74.0 Å². The molecule has 1 saturated heterocycles. The molecular formula is C26H31BrN3O10P. The summed E-state index contributed by atoms with van der Waals surface area (Å²) in [6.45, 7) is 5.41. The maximum absolute atomic E-state index is 14.1. The van der Waals surface area contributed by atoms with E-state index in [0.717, 1.165) is 16.2 Å². The van der Waals surface area contributed by atoms with E-state index in [0.29, 0.717) is 5.39 Å². The first kappa shape index (κ1) is 31.1. The van der Waals surface area contributed by atoms with E-state index in [9.17, 15) is 29.2 Å². The summed E-state index contributed by atoms with van der Waals surface area (Å²) in [4.78, 5) is 38.8. The molecular weight excluding hydrogens is 625 g/mol. The second-order valence-corrected chi connectivity index (χ2v) is 12.6. The van der Waals surface area contributed by atoms with E-state index in [1.54, 1.807) is 38.1 Å². The van der Waals surface area contributed by atoms with E-state index in [1.807, 2.05) is 18.2 Å². The number of aliphatic hydroxyl groups is 2. The fourth-order valence-corrected chi connectivity index (χ4v) is 6.14. The van der Waals surface area contributed by atoms with Gasteiger partial charge in [-0.3, -0.25) is 23.7 Å². The first-order valence-corrected chi connectivity index (χ1v) is 15.0. The summed E-state index contributed by atoms with van der Waals surface area (Å²) in [7, 11) is -4.38. The third-order valence-electron chi connectivity index (χ3n) is 6.37. The Hall–Kier alpha value is -2.84. The number of aromatic amines is 1. The lowest BCUT2D eigenvalue weighted by Crippen LogP contribution is -2.47. The molecule has 0 amide bonds. The molecule has 0 saturated carbocycles. The summed E-state index contributed by atoms with van der Waals surface area (Å²) >= 11 is 3.02. The number of carbonyl (C=O) groups is 1. The van der Waals surface area contributed by atoms with Crippen molar-refractivity contribution in [3.63, 3.8) is 0 Å². The first-order valence-electron chi connectivity index (χ1n) is 12.7. The monoisotopic (exact) mass is 655 g/mol. The first-order chi connectivity index (χ1) is 19.2. The average Bonchev–Trinajstić information content (AvgIpc) is 3.13. The lowest BCUT2D eigenvalue weighted by molar-refractivity contribution is -0.149. The molecule has 41 heavy (non-hydrogen) atoms. The van der Waals surface area contributed by atoms with Crippen LogP contribution in [0.3, 0.4) is 0 Å². The van der Waals surface area contributed by atoms with Crippen LogP contribution in [0.4, 0.5) is 0 Å². The Kier molecular flexibility index (Phi) is 9.24. The number of esters is 1. The van der Waals surface area contributed by atoms with Gasteiger partial charge in [-0.2, -0.15) is 5.09 Å². The Morgan fingerprint density at radius 2 is 1.90 bits per heavy atom.